The number of rotatable bonds is 5. The van der Waals surface area contributed by atoms with Gasteiger partial charge >= 0.3 is 5.97 Å². The number of hydrogen-bond donors (Lipinski definition) is 1. The van der Waals surface area contributed by atoms with Crippen molar-refractivity contribution in [2.75, 3.05) is 19.6 Å². The normalized spacial score (nSPS) is 22.9. The first kappa shape index (κ1) is 15.8. The summed E-state index contributed by atoms with van der Waals surface area (Å²) in [5, 5.41) is 8.93. The quantitative estimate of drug-likeness (QED) is 0.838. The highest BCUT2D eigenvalue weighted by molar-refractivity contribution is 5.85. The fourth-order valence-corrected chi connectivity index (χ4v) is 3.31. The van der Waals surface area contributed by atoms with Gasteiger partial charge in [0, 0.05) is 0 Å². The van der Waals surface area contributed by atoms with Crippen molar-refractivity contribution in [1.82, 2.24) is 4.90 Å². The summed E-state index contributed by atoms with van der Waals surface area (Å²) in [6.45, 7) is 3.16. The first-order chi connectivity index (χ1) is 8.25. The summed E-state index contributed by atoms with van der Waals surface area (Å²) in [6, 6.07) is 0. The van der Waals surface area contributed by atoms with Gasteiger partial charge in [-0.15, -0.1) is 12.4 Å². The molecule has 0 aromatic rings. The lowest BCUT2D eigenvalue weighted by Crippen LogP contribution is -2.36. The molecule has 2 aliphatic rings. The maximum absolute atomic E-state index is 10.8. The predicted octanol–water partition coefficient (Wildman–Crippen LogP) is 3.18. The van der Waals surface area contributed by atoms with Crippen LogP contribution in [0.15, 0.2) is 0 Å². The van der Waals surface area contributed by atoms with Gasteiger partial charge in [-0.2, -0.15) is 0 Å². The molecule has 0 radical (unpaired) electrons. The van der Waals surface area contributed by atoms with Gasteiger partial charge in [-0.05, 0) is 51.2 Å². The molecule has 2 rings (SSSR count). The maximum atomic E-state index is 10.8. The largest absolute Gasteiger partial charge is 0.481 e. The molecule has 18 heavy (non-hydrogen) atoms. The average molecular weight is 276 g/mol. The first-order valence-electron chi connectivity index (χ1n) is 7.21. The van der Waals surface area contributed by atoms with Crippen LogP contribution in [0.2, 0.25) is 0 Å². The molecule has 1 saturated carbocycles. The Morgan fingerprint density at radius 3 is 2.28 bits per heavy atom. The minimum atomic E-state index is -0.601. The van der Waals surface area contributed by atoms with Crippen LogP contribution in [0.1, 0.15) is 51.4 Å². The molecule has 3 nitrogen and oxygen atoms in total. The van der Waals surface area contributed by atoms with Crippen LogP contribution in [-0.4, -0.2) is 35.6 Å². The highest BCUT2D eigenvalue weighted by atomic mass is 35.5. The van der Waals surface area contributed by atoms with Gasteiger partial charge in [0.25, 0.3) is 0 Å². The van der Waals surface area contributed by atoms with E-state index in [1.807, 2.05) is 0 Å². The van der Waals surface area contributed by atoms with Crippen LogP contribution in [0, 0.1) is 11.8 Å². The topological polar surface area (TPSA) is 40.5 Å². The van der Waals surface area contributed by atoms with Gasteiger partial charge in [0.15, 0.2) is 0 Å². The van der Waals surface area contributed by atoms with E-state index in [4.69, 9.17) is 5.11 Å². The summed E-state index contributed by atoms with van der Waals surface area (Å²) in [5.74, 6) is 0.309. The molecule has 106 valence electrons. The zero-order valence-electron chi connectivity index (χ0n) is 11.1. The summed E-state index contributed by atoms with van der Waals surface area (Å²) >= 11 is 0. The molecular formula is C14H26ClNO2. The third-order valence-corrected chi connectivity index (χ3v) is 4.50. The maximum Gasteiger partial charge on any atom is 0.306 e. The van der Waals surface area contributed by atoms with Crippen molar-refractivity contribution in [1.29, 1.82) is 0 Å². The number of carboxylic acids is 1. The fourth-order valence-electron chi connectivity index (χ4n) is 3.31. The lowest BCUT2D eigenvalue weighted by molar-refractivity contribution is -0.143. The van der Waals surface area contributed by atoms with Crippen LogP contribution in [0.25, 0.3) is 0 Å². The van der Waals surface area contributed by atoms with Crippen LogP contribution in [0.5, 0.6) is 0 Å². The number of hydrogen-bond acceptors (Lipinski definition) is 2. The van der Waals surface area contributed by atoms with Crippen molar-refractivity contribution >= 4 is 18.4 Å². The third-order valence-electron chi connectivity index (χ3n) is 4.50. The van der Waals surface area contributed by atoms with Gasteiger partial charge in [0.1, 0.15) is 0 Å². The Balaban J connectivity index is 0.00000162. The lowest BCUT2D eigenvalue weighted by atomic mass is 9.96. The Hall–Kier alpha value is -0.280. The van der Waals surface area contributed by atoms with Gasteiger partial charge < -0.3 is 10.0 Å². The highest BCUT2D eigenvalue weighted by Crippen LogP contribution is 2.28. The van der Waals surface area contributed by atoms with E-state index in [9.17, 15) is 4.79 Å². The molecule has 1 saturated heterocycles. The highest BCUT2D eigenvalue weighted by Gasteiger charge is 2.24. The average Bonchev–Trinajstić information content (AvgIpc) is 2.83. The second-order valence-corrected chi connectivity index (χ2v) is 5.75. The Morgan fingerprint density at radius 1 is 1.11 bits per heavy atom. The summed E-state index contributed by atoms with van der Waals surface area (Å²) < 4.78 is 0. The van der Waals surface area contributed by atoms with Crippen molar-refractivity contribution in [3.8, 4) is 0 Å². The smallest absolute Gasteiger partial charge is 0.306 e. The van der Waals surface area contributed by atoms with Crippen LogP contribution in [0.3, 0.4) is 0 Å². The van der Waals surface area contributed by atoms with E-state index in [1.165, 1.54) is 45.1 Å². The molecule has 2 fully saturated rings. The van der Waals surface area contributed by atoms with Crippen molar-refractivity contribution in [3.05, 3.63) is 0 Å². The van der Waals surface area contributed by atoms with Gasteiger partial charge in [-0.25, -0.2) is 0 Å². The van der Waals surface area contributed by atoms with Crippen LogP contribution in [0.4, 0.5) is 0 Å². The standard InChI is InChI=1S/C14H25NO2.ClH/c16-14(17)13-7-10-15(11-8-13)9-3-6-12-4-1-2-5-12;/h12-13H,1-11H2,(H,16,17);1H. The predicted molar refractivity (Wildman–Crippen MR) is 75.2 cm³/mol. The van der Waals surface area contributed by atoms with E-state index >= 15 is 0 Å². The molecule has 1 N–H and O–H groups in total. The van der Waals surface area contributed by atoms with Gasteiger partial charge in [-0.1, -0.05) is 25.7 Å². The van der Waals surface area contributed by atoms with Gasteiger partial charge in [0.05, 0.1) is 5.92 Å². The summed E-state index contributed by atoms with van der Waals surface area (Å²) in [6.07, 6.45) is 10.2. The number of likely N-dealkylation sites (tertiary alicyclic amines) is 1. The minimum Gasteiger partial charge on any atom is -0.481 e. The SMILES string of the molecule is Cl.O=C(O)C1CCN(CCCC2CCCC2)CC1. The number of carboxylic acid groups (broad SMARTS) is 1. The number of aliphatic carboxylic acids is 1. The summed E-state index contributed by atoms with van der Waals surface area (Å²) in [4.78, 5) is 13.3. The monoisotopic (exact) mass is 275 g/mol. The first-order valence-corrected chi connectivity index (χ1v) is 7.21. The Morgan fingerprint density at radius 2 is 1.72 bits per heavy atom. The van der Waals surface area contributed by atoms with Crippen molar-refractivity contribution < 1.29 is 9.90 Å². The van der Waals surface area contributed by atoms with Crippen LogP contribution in [-0.2, 0) is 4.79 Å². The number of nitrogens with zero attached hydrogens (tertiary/aromatic N) is 1. The molecular weight excluding hydrogens is 250 g/mol. The minimum absolute atomic E-state index is 0. The molecule has 0 aromatic heterocycles. The van der Waals surface area contributed by atoms with Crippen LogP contribution < -0.4 is 0 Å². The van der Waals surface area contributed by atoms with Crippen molar-refractivity contribution in [2.45, 2.75) is 51.4 Å². The zero-order chi connectivity index (χ0) is 12.1. The second kappa shape index (κ2) is 8.00. The van der Waals surface area contributed by atoms with E-state index in [-0.39, 0.29) is 18.3 Å². The Bertz CT molecular complexity index is 246. The molecule has 1 aliphatic carbocycles. The Kier molecular flexibility index (Phi) is 7.02. The molecule has 0 spiro atoms. The van der Waals surface area contributed by atoms with E-state index in [1.54, 1.807) is 0 Å². The fraction of sp³-hybridized carbons (Fsp3) is 0.929. The Labute approximate surface area is 116 Å². The molecule has 0 bridgehead atoms. The number of piperidine rings is 1. The van der Waals surface area contributed by atoms with E-state index in [2.05, 4.69) is 4.90 Å². The number of carbonyl (C=O) groups is 1. The van der Waals surface area contributed by atoms with E-state index < -0.39 is 5.97 Å². The second-order valence-electron chi connectivity index (χ2n) is 5.75. The molecule has 0 aromatic carbocycles. The third kappa shape index (κ3) is 4.77. The molecule has 1 aliphatic heterocycles. The molecule has 0 atom stereocenters. The van der Waals surface area contributed by atoms with Gasteiger partial charge in [0.2, 0.25) is 0 Å². The molecule has 1 heterocycles. The van der Waals surface area contributed by atoms with Crippen LogP contribution >= 0.6 is 12.4 Å². The summed E-state index contributed by atoms with van der Waals surface area (Å²) in [7, 11) is 0. The molecule has 0 amide bonds. The zero-order valence-corrected chi connectivity index (χ0v) is 12.0. The van der Waals surface area contributed by atoms with Crippen molar-refractivity contribution in [3.63, 3.8) is 0 Å². The van der Waals surface area contributed by atoms with Crippen molar-refractivity contribution in [2.24, 2.45) is 11.8 Å². The van der Waals surface area contributed by atoms with E-state index in [0.717, 1.165) is 31.8 Å². The van der Waals surface area contributed by atoms with Gasteiger partial charge in [-0.3, -0.25) is 4.79 Å². The molecule has 0 unspecified atom stereocenters. The summed E-state index contributed by atoms with van der Waals surface area (Å²) in [5.41, 5.74) is 0. The van der Waals surface area contributed by atoms with E-state index in [0.29, 0.717) is 0 Å². The number of halogens is 1. The lowest BCUT2D eigenvalue weighted by Gasteiger charge is -2.30. The molecule has 4 heteroatoms.